The highest BCUT2D eigenvalue weighted by Crippen LogP contribution is 2.42. The summed E-state index contributed by atoms with van der Waals surface area (Å²) in [6, 6.07) is 4.26. The van der Waals surface area contributed by atoms with Crippen LogP contribution in [0.1, 0.15) is 41.5 Å². The van der Waals surface area contributed by atoms with E-state index in [1.807, 2.05) is 0 Å². The predicted octanol–water partition coefficient (Wildman–Crippen LogP) is 3.28. The Kier molecular flexibility index (Phi) is 2.58. The molecule has 0 heterocycles. The zero-order chi connectivity index (χ0) is 11.9. The Labute approximate surface area is 95.6 Å². The normalized spacial score (nSPS) is 21.2. The number of rotatable bonds is 1. The molecule has 0 amide bonds. The van der Waals surface area contributed by atoms with Crippen molar-refractivity contribution in [3.8, 4) is 0 Å². The zero-order valence-corrected chi connectivity index (χ0v) is 9.87. The molecule has 0 aromatic heterocycles. The van der Waals surface area contributed by atoms with Crippen molar-refractivity contribution in [1.29, 1.82) is 0 Å². The van der Waals surface area contributed by atoms with Gasteiger partial charge in [0.1, 0.15) is 0 Å². The molecule has 1 atom stereocenters. The molecule has 0 saturated carbocycles. The van der Waals surface area contributed by atoms with Crippen molar-refractivity contribution in [3.63, 3.8) is 0 Å². The van der Waals surface area contributed by atoms with Crippen molar-refractivity contribution in [2.24, 2.45) is 0 Å². The monoisotopic (exact) mass is 216 g/mol. The van der Waals surface area contributed by atoms with Gasteiger partial charge >= 0.3 is 5.97 Å². The van der Waals surface area contributed by atoms with Gasteiger partial charge in [-0.25, -0.2) is 4.79 Å². The molecular weight excluding hydrogens is 200 g/mol. The van der Waals surface area contributed by atoms with Crippen LogP contribution in [0.4, 0.5) is 0 Å². The second-order valence-corrected chi connectivity index (χ2v) is 4.66. The summed E-state index contributed by atoms with van der Waals surface area (Å²) >= 11 is 0. The lowest BCUT2D eigenvalue weighted by molar-refractivity contribution is -0.131. The average Bonchev–Trinajstić information content (AvgIpc) is 2.41. The molecule has 1 unspecified atom stereocenters. The van der Waals surface area contributed by atoms with Gasteiger partial charge in [0.25, 0.3) is 0 Å². The molecule has 1 aromatic rings. The third-order valence-electron chi connectivity index (χ3n) is 3.19. The fraction of sp³-hybridized carbons (Fsp3) is 0.357. The standard InChI is InChI=1S/C14H16O2/c1-8-4-9(2)14-10(3)6-11(7-13(15)16)12(14)5-8/h4-5,7,10H,6H2,1-3H3,(H,15,16)/b11-7+. The summed E-state index contributed by atoms with van der Waals surface area (Å²) in [6.45, 7) is 6.31. The van der Waals surface area contributed by atoms with Crippen LogP contribution < -0.4 is 0 Å². The molecule has 2 rings (SSSR count). The number of hydrogen-bond acceptors (Lipinski definition) is 1. The molecule has 0 saturated heterocycles. The molecule has 0 fully saturated rings. The summed E-state index contributed by atoms with van der Waals surface area (Å²) in [5.41, 5.74) is 5.88. The largest absolute Gasteiger partial charge is 0.478 e. The van der Waals surface area contributed by atoms with Crippen LogP contribution in [-0.2, 0) is 4.79 Å². The van der Waals surface area contributed by atoms with Gasteiger partial charge in [0.2, 0.25) is 0 Å². The first-order valence-corrected chi connectivity index (χ1v) is 5.54. The topological polar surface area (TPSA) is 37.3 Å². The highest BCUT2D eigenvalue weighted by atomic mass is 16.4. The molecule has 2 nitrogen and oxygen atoms in total. The third kappa shape index (κ3) is 1.75. The number of carbonyl (C=O) groups is 1. The van der Waals surface area contributed by atoms with Gasteiger partial charge in [-0.15, -0.1) is 0 Å². The van der Waals surface area contributed by atoms with Crippen LogP contribution >= 0.6 is 0 Å². The molecule has 0 radical (unpaired) electrons. The fourth-order valence-corrected chi connectivity index (χ4v) is 2.73. The number of carboxylic acids is 1. The second kappa shape index (κ2) is 3.78. The third-order valence-corrected chi connectivity index (χ3v) is 3.19. The van der Waals surface area contributed by atoms with Crippen LogP contribution in [-0.4, -0.2) is 11.1 Å². The SMILES string of the molecule is Cc1cc(C)c2c(c1)/C(=C/C(=O)O)CC2C. The van der Waals surface area contributed by atoms with E-state index in [1.54, 1.807) is 0 Å². The van der Waals surface area contributed by atoms with Crippen molar-refractivity contribution in [2.45, 2.75) is 33.1 Å². The average molecular weight is 216 g/mol. The Balaban J connectivity index is 2.61. The Morgan fingerprint density at radius 2 is 2.12 bits per heavy atom. The van der Waals surface area contributed by atoms with Gasteiger partial charge in [0.05, 0.1) is 0 Å². The first kappa shape index (κ1) is 10.9. The molecule has 1 aromatic carbocycles. The zero-order valence-electron chi connectivity index (χ0n) is 9.87. The van der Waals surface area contributed by atoms with E-state index in [0.717, 1.165) is 17.6 Å². The molecular formula is C14H16O2. The van der Waals surface area contributed by atoms with Gasteiger partial charge in [-0.3, -0.25) is 0 Å². The van der Waals surface area contributed by atoms with Gasteiger partial charge in [0.15, 0.2) is 0 Å². The van der Waals surface area contributed by atoms with Crippen LogP contribution in [0.25, 0.3) is 5.57 Å². The van der Waals surface area contributed by atoms with Crippen molar-refractivity contribution < 1.29 is 9.90 Å². The van der Waals surface area contributed by atoms with Crippen molar-refractivity contribution in [1.82, 2.24) is 0 Å². The molecule has 2 heteroatoms. The van der Waals surface area contributed by atoms with Crippen LogP contribution in [0.2, 0.25) is 0 Å². The summed E-state index contributed by atoms with van der Waals surface area (Å²) in [7, 11) is 0. The lowest BCUT2D eigenvalue weighted by Gasteiger charge is -2.09. The molecule has 1 N–H and O–H groups in total. The van der Waals surface area contributed by atoms with Crippen LogP contribution in [0.3, 0.4) is 0 Å². The second-order valence-electron chi connectivity index (χ2n) is 4.66. The van der Waals surface area contributed by atoms with Gasteiger partial charge < -0.3 is 5.11 Å². The van der Waals surface area contributed by atoms with Crippen LogP contribution in [0, 0.1) is 13.8 Å². The fourth-order valence-electron chi connectivity index (χ4n) is 2.73. The smallest absolute Gasteiger partial charge is 0.328 e. The van der Waals surface area contributed by atoms with Crippen LogP contribution in [0.15, 0.2) is 18.2 Å². The Morgan fingerprint density at radius 1 is 1.44 bits per heavy atom. The Hall–Kier alpha value is -1.57. The predicted molar refractivity (Wildman–Crippen MR) is 64.6 cm³/mol. The number of fused-ring (bicyclic) bond motifs is 1. The summed E-state index contributed by atoms with van der Waals surface area (Å²) in [6.07, 6.45) is 2.19. The number of hydrogen-bond donors (Lipinski definition) is 1. The van der Waals surface area contributed by atoms with Crippen molar-refractivity contribution >= 4 is 11.5 Å². The minimum absolute atomic E-state index is 0.432. The summed E-state index contributed by atoms with van der Waals surface area (Å²) in [5.74, 6) is -0.421. The summed E-state index contributed by atoms with van der Waals surface area (Å²) < 4.78 is 0. The van der Waals surface area contributed by atoms with Gasteiger partial charge in [0, 0.05) is 6.08 Å². The molecule has 1 aliphatic carbocycles. The summed E-state index contributed by atoms with van der Waals surface area (Å²) in [4.78, 5) is 10.8. The van der Waals surface area contributed by atoms with Crippen molar-refractivity contribution in [3.05, 3.63) is 40.5 Å². The van der Waals surface area contributed by atoms with E-state index < -0.39 is 5.97 Å². The molecule has 16 heavy (non-hydrogen) atoms. The lowest BCUT2D eigenvalue weighted by Crippen LogP contribution is -1.92. The van der Waals surface area contributed by atoms with E-state index >= 15 is 0 Å². The van der Waals surface area contributed by atoms with Crippen LogP contribution in [0.5, 0.6) is 0 Å². The molecule has 0 aliphatic heterocycles. The maximum absolute atomic E-state index is 10.8. The number of allylic oxidation sites excluding steroid dienone is 1. The molecule has 84 valence electrons. The molecule has 0 spiro atoms. The van der Waals surface area contributed by atoms with E-state index in [-0.39, 0.29) is 0 Å². The van der Waals surface area contributed by atoms with Gasteiger partial charge in [-0.2, -0.15) is 0 Å². The van der Waals surface area contributed by atoms with Crippen molar-refractivity contribution in [2.75, 3.05) is 0 Å². The van der Waals surface area contributed by atoms with E-state index in [1.165, 1.54) is 22.8 Å². The lowest BCUT2D eigenvalue weighted by atomic mass is 9.96. The number of benzene rings is 1. The minimum Gasteiger partial charge on any atom is -0.478 e. The van der Waals surface area contributed by atoms with Gasteiger partial charge in [-0.1, -0.05) is 24.6 Å². The first-order valence-electron chi connectivity index (χ1n) is 5.54. The van der Waals surface area contributed by atoms with E-state index in [4.69, 9.17) is 5.11 Å². The maximum Gasteiger partial charge on any atom is 0.328 e. The molecule has 1 aliphatic rings. The van der Waals surface area contributed by atoms with E-state index in [0.29, 0.717) is 5.92 Å². The number of aliphatic carboxylic acids is 1. The number of carboxylic acid groups (broad SMARTS) is 1. The summed E-state index contributed by atoms with van der Waals surface area (Å²) in [5, 5.41) is 8.85. The number of aryl methyl sites for hydroxylation is 2. The highest BCUT2D eigenvalue weighted by Gasteiger charge is 2.25. The van der Waals surface area contributed by atoms with Gasteiger partial charge in [-0.05, 0) is 48.4 Å². The van der Waals surface area contributed by atoms with E-state index in [9.17, 15) is 4.79 Å². The maximum atomic E-state index is 10.8. The Morgan fingerprint density at radius 3 is 2.75 bits per heavy atom. The quantitative estimate of drug-likeness (QED) is 0.731. The first-order chi connectivity index (χ1) is 7.49. The highest BCUT2D eigenvalue weighted by molar-refractivity contribution is 5.92. The van der Waals surface area contributed by atoms with E-state index in [2.05, 4.69) is 32.9 Å². The molecule has 0 bridgehead atoms. The minimum atomic E-state index is -0.853. The Bertz CT molecular complexity index is 484.